The topological polar surface area (TPSA) is 69.8 Å². The SMILES string of the molecule is C/C(=C\NNC(=O)c1cc(C)[nH]n1)c1ccccc1. The van der Waals surface area contributed by atoms with Gasteiger partial charge in [0.15, 0.2) is 5.69 Å². The lowest BCUT2D eigenvalue weighted by atomic mass is 10.1. The molecule has 1 aromatic heterocycles. The van der Waals surface area contributed by atoms with Gasteiger partial charge in [0.2, 0.25) is 0 Å². The van der Waals surface area contributed by atoms with E-state index in [4.69, 9.17) is 0 Å². The molecule has 1 aromatic carbocycles. The van der Waals surface area contributed by atoms with Gasteiger partial charge < -0.3 is 5.43 Å². The maximum Gasteiger partial charge on any atom is 0.290 e. The second-order valence-electron chi connectivity index (χ2n) is 4.23. The molecule has 2 aromatic rings. The van der Waals surface area contributed by atoms with Crippen molar-refractivity contribution in [3.05, 3.63) is 59.5 Å². The van der Waals surface area contributed by atoms with Crippen LogP contribution < -0.4 is 10.9 Å². The number of amides is 1. The molecule has 0 saturated carbocycles. The molecule has 98 valence electrons. The van der Waals surface area contributed by atoms with Crippen molar-refractivity contribution in [2.75, 3.05) is 0 Å². The van der Waals surface area contributed by atoms with E-state index in [1.54, 1.807) is 12.3 Å². The van der Waals surface area contributed by atoms with Gasteiger partial charge in [0.05, 0.1) is 0 Å². The molecule has 0 aliphatic carbocycles. The lowest BCUT2D eigenvalue weighted by Gasteiger charge is -2.05. The number of nitrogens with zero attached hydrogens (tertiary/aromatic N) is 1. The second-order valence-corrected chi connectivity index (χ2v) is 4.23. The van der Waals surface area contributed by atoms with E-state index in [0.717, 1.165) is 16.8 Å². The van der Waals surface area contributed by atoms with E-state index in [2.05, 4.69) is 21.0 Å². The van der Waals surface area contributed by atoms with Crippen LogP contribution in [-0.4, -0.2) is 16.1 Å². The summed E-state index contributed by atoms with van der Waals surface area (Å²) in [6.45, 7) is 3.81. The number of hydrazine groups is 1. The predicted molar refractivity (Wildman–Crippen MR) is 74.0 cm³/mol. The van der Waals surface area contributed by atoms with Crippen LogP contribution in [-0.2, 0) is 0 Å². The first-order chi connectivity index (χ1) is 9.16. The summed E-state index contributed by atoms with van der Waals surface area (Å²) in [5.41, 5.74) is 8.67. The van der Waals surface area contributed by atoms with Crippen LogP contribution in [0.2, 0.25) is 0 Å². The molecule has 0 spiro atoms. The predicted octanol–water partition coefficient (Wildman–Crippen LogP) is 2.01. The highest BCUT2D eigenvalue weighted by Crippen LogP contribution is 2.10. The number of nitrogens with one attached hydrogen (secondary N) is 3. The third-order valence-electron chi connectivity index (χ3n) is 2.64. The zero-order chi connectivity index (χ0) is 13.7. The number of benzene rings is 1. The second kappa shape index (κ2) is 5.86. The summed E-state index contributed by atoms with van der Waals surface area (Å²) in [6, 6.07) is 11.6. The lowest BCUT2D eigenvalue weighted by Crippen LogP contribution is -2.33. The Bertz CT molecular complexity index is 587. The highest BCUT2D eigenvalue weighted by Gasteiger charge is 2.07. The number of H-pyrrole nitrogens is 1. The van der Waals surface area contributed by atoms with E-state index in [9.17, 15) is 4.79 Å². The van der Waals surface area contributed by atoms with E-state index >= 15 is 0 Å². The Kier molecular flexibility index (Phi) is 3.97. The Morgan fingerprint density at radius 2 is 2.05 bits per heavy atom. The Morgan fingerprint density at radius 1 is 1.32 bits per heavy atom. The van der Waals surface area contributed by atoms with Crippen LogP contribution in [0.15, 0.2) is 42.6 Å². The van der Waals surface area contributed by atoms with Crippen molar-refractivity contribution >= 4 is 11.5 Å². The minimum Gasteiger partial charge on any atom is -0.305 e. The van der Waals surface area contributed by atoms with Gasteiger partial charge in [-0.15, -0.1) is 0 Å². The molecule has 5 nitrogen and oxygen atoms in total. The summed E-state index contributed by atoms with van der Waals surface area (Å²) in [6.07, 6.45) is 1.74. The summed E-state index contributed by atoms with van der Waals surface area (Å²) < 4.78 is 0. The Balaban J connectivity index is 1.91. The number of aryl methyl sites for hydroxylation is 1. The summed E-state index contributed by atoms with van der Waals surface area (Å²) >= 11 is 0. The van der Waals surface area contributed by atoms with E-state index in [-0.39, 0.29) is 5.91 Å². The van der Waals surface area contributed by atoms with Crippen molar-refractivity contribution in [2.24, 2.45) is 0 Å². The maximum absolute atomic E-state index is 11.7. The van der Waals surface area contributed by atoms with Crippen LogP contribution in [0.3, 0.4) is 0 Å². The Morgan fingerprint density at radius 3 is 2.68 bits per heavy atom. The minimum absolute atomic E-state index is 0.276. The molecule has 0 aliphatic rings. The van der Waals surface area contributed by atoms with Crippen LogP contribution in [0, 0.1) is 6.92 Å². The fourth-order valence-corrected chi connectivity index (χ4v) is 1.59. The number of aromatic nitrogens is 2. The first-order valence-corrected chi connectivity index (χ1v) is 5.97. The fraction of sp³-hybridized carbons (Fsp3) is 0.143. The molecule has 1 amide bonds. The molecule has 0 aliphatic heterocycles. The van der Waals surface area contributed by atoms with Gasteiger partial charge in [-0.3, -0.25) is 15.3 Å². The molecule has 1 heterocycles. The molecule has 5 heteroatoms. The van der Waals surface area contributed by atoms with Crippen LogP contribution in [0.1, 0.15) is 28.7 Å². The molecule has 3 N–H and O–H groups in total. The number of carbonyl (C=O) groups is 1. The lowest BCUT2D eigenvalue weighted by molar-refractivity contribution is 0.0936. The van der Waals surface area contributed by atoms with Crippen molar-refractivity contribution in [3.63, 3.8) is 0 Å². The monoisotopic (exact) mass is 256 g/mol. The fourth-order valence-electron chi connectivity index (χ4n) is 1.59. The average molecular weight is 256 g/mol. The number of rotatable bonds is 4. The number of aromatic amines is 1. The summed E-state index contributed by atoms with van der Waals surface area (Å²) in [5.74, 6) is -0.276. The normalized spacial score (nSPS) is 11.2. The minimum atomic E-state index is -0.276. The smallest absolute Gasteiger partial charge is 0.290 e. The molecule has 0 fully saturated rings. The van der Waals surface area contributed by atoms with Gasteiger partial charge in [0.25, 0.3) is 5.91 Å². The van der Waals surface area contributed by atoms with Gasteiger partial charge >= 0.3 is 0 Å². The molecular formula is C14H16N4O. The van der Waals surface area contributed by atoms with Gasteiger partial charge in [-0.1, -0.05) is 30.3 Å². The highest BCUT2D eigenvalue weighted by molar-refractivity contribution is 5.92. The van der Waals surface area contributed by atoms with Crippen LogP contribution in [0.25, 0.3) is 5.57 Å². The van der Waals surface area contributed by atoms with Crippen molar-refractivity contribution in [3.8, 4) is 0 Å². The van der Waals surface area contributed by atoms with Gasteiger partial charge in [0.1, 0.15) is 0 Å². The quantitative estimate of drug-likeness (QED) is 0.733. The molecule has 0 unspecified atom stereocenters. The third-order valence-corrected chi connectivity index (χ3v) is 2.64. The first kappa shape index (κ1) is 12.9. The molecule has 0 radical (unpaired) electrons. The number of carbonyl (C=O) groups excluding carboxylic acids is 1. The average Bonchev–Trinajstić information content (AvgIpc) is 2.86. The summed E-state index contributed by atoms with van der Waals surface area (Å²) in [7, 11) is 0. The number of allylic oxidation sites excluding steroid dienone is 1. The first-order valence-electron chi connectivity index (χ1n) is 5.97. The molecule has 0 bridgehead atoms. The van der Waals surface area contributed by atoms with E-state index in [1.165, 1.54) is 0 Å². The van der Waals surface area contributed by atoms with Gasteiger partial charge in [-0.05, 0) is 31.1 Å². The zero-order valence-corrected chi connectivity index (χ0v) is 10.9. The summed E-state index contributed by atoms with van der Waals surface area (Å²) in [5, 5.41) is 6.59. The van der Waals surface area contributed by atoms with Crippen LogP contribution in [0.5, 0.6) is 0 Å². The maximum atomic E-state index is 11.7. The van der Waals surface area contributed by atoms with Crippen molar-refractivity contribution < 1.29 is 4.79 Å². The number of hydrogen-bond acceptors (Lipinski definition) is 3. The van der Waals surface area contributed by atoms with Gasteiger partial charge in [0, 0.05) is 11.9 Å². The molecule has 0 saturated heterocycles. The number of hydrogen-bond donors (Lipinski definition) is 3. The van der Waals surface area contributed by atoms with Crippen molar-refractivity contribution in [1.82, 2.24) is 21.0 Å². The largest absolute Gasteiger partial charge is 0.305 e. The van der Waals surface area contributed by atoms with Crippen LogP contribution >= 0.6 is 0 Å². The molecule has 0 atom stereocenters. The summed E-state index contributed by atoms with van der Waals surface area (Å²) in [4.78, 5) is 11.7. The van der Waals surface area contributed by atoms with E-state index in [0.29, 0.717) is 5.69 Å². The van der Waals surface area contributed by atoms with Crippen LogP contribution in [0.4, 0.5) is 0 Å². The van der Waals surface area contributed by atoms with Crippen molar-refractivity contribution in [1.29, 1.82) is 0 Å². The molecule has 2 rings (SSSR count). The Hall–Kier alpha value is -2.56. The standard InChI is InChI=1S/C14H16N4O/c1-10(12-6-4-3-5-7-12)9-15-18-14(19)13-8-11(2)16-17-13/h3-9,15H,1-2H3,(H,16,17)(H,18,19)/b10-9+. The van der Waals surface area contributed by atoms with Gasteiger partial charge in [-0.2, -0.15) is 5.10 Å². The van der Waals surface area contributed by atoms with Crippen molar-refractivity contribution in [2.45, 2.75) is 13.8 Å². The Labute approximate surface area is 111 Å². The molecular weight excluding hydrogens is 240 g/mol. The van der Waals surface area contributed by atoms with E-state index in [1.807, 2.05) is 44.2 Å². The zero-order valence-electron chi connectivity index (χ0n) is 10.9. The molecule has 19 heavy (non-hydrogen) atoms. The van der Waals surface area contributed by atoms with E-state index < -0.39 is 0 Å². The highest BCUT2D eigenvalue weighted by atomic mass is 16.2. The van der Waals surface area contributed by atoms with Gasteiger partial charge in [-0.25, -0.2) is 0 Å². The third kappa shape index (κ3) is 3.45.